The molecular weight excluding hydrogens is 372 g/mol. The Bertz CT molecular complexity index is 778. The number of hydrogen-bond acceptors (Lipinski definition) is 4. The van der Waals surface area contributed by atoms with E-state index in [2.05, 4.69) is 9.80 Å². The minimum atomic E-state index is 0.164. The Balaban J connectivity index is 1.30. The third-order valence-electron chi connectivity index (χ3n) is 5.34. The lowest BCUT2D eigenvalue weighted by molar-refractivity contribution is -0.116. The molecule has 0 atom stereocenters. The molecule has 0 amide bonds. The lowest BCUT2D eigenvalue weighted by atomic mass is 10.1. The van der Waals surface area contributed by atoms with Crippen LogP contribution in [0.5, 0.6) is 0 Å². The van der Waals surface area contributed by atoms with Crippen LogP contribution < -0.4 is 0 Å². The fraction of sp³-hybridized carbons (Fsp3) is 0.308. The molecule has 0 spiro atoms. The summed E-state index contributed by atoms with van der Waals surface area (Å²) >= 11 is 0. The Labute approximate surface area is 179 Å². The maximum Gasteiger partial charge on any atom is 0.156 e. The second-order valence-electron chi connectivity index (χ2n) is 7.60. The van der Waals surface area contributed by atoms with E-state index in [1.54, 1.807) is 12.2 Å². The highest BCUT2D eigenvalue weighted by atomic mass is 16.1. The summed E-state index contributed by atoms with van der Waals surface area (Å²) in [6.45, 7) is 5.38. The third kappa shape index (κ3) is 7.90. The summed E-state index contributed by atoms with van der Waals surface area (Å²) in [6, 6.07) is 19.8. The van der Waals surface area contributed by atoms with Gasteiger partial charge in [0, 0.05) is 52.1 Å². The van der Waals surface area contributed by atoms with E-state index in [4.69, 9.17) is 0 Å². The molecule has 1 heterocycles. The number of benzene rings is 2. The van der Waals surface area contributed by atoms with E-state index in [-0.39, 0.29) is 11.6 Å². The van der Waals surface area contributed by atoms with Gasteiger partial charge in [0.15, 0.2) is 11.6 Å². The quantitative estimate of drug-likeness (QED) is 0.564. The van der Waals surface area contributed by atoms with Crippen LogP contribution in [0, 0.1) is 0 Å². The number of ketones is 2. The molecule has 0 radical (unpaired) electrons. The van der Waals surface area contributed by atoms with Crippen molar-refractivity contribution in [3.8, 4) is 0 Å². The maximum atomic E-state index is 12.1. The van der Waals surface area contributed by atoms with Gasteiger partial charge < -0.3 is 9.80 Å². The largest absolute Gasteiger partial charge is 0.300 e. The van der Waals surface area contributed by atoms with Crippen molar-refractivity contribution in [3.05, 3.63) is 83.9 Å². The van der Waals surface area contributed by atoms with Crippen LogP contribution in [0.4, 0.5) is 0 Å². The molecule has 1 saturated heterocycles. The molecule has 0 unspecified atom stereocenters. The van der Waals surface area contributed by atoms with E-state index in [1.165, 1.54) is 0 Å². The molecule has 4 nitrogen and oxygen atoms in total. The van der Waals surface area contributed by atoms with Gasteiger partial charge in [-0.3, -0.25) is 9.59 Å². The van der Waals surface area contributed by atoms with Gasteiger partial charge in [0.25, 0.3) is 0 Å². The van der Waals surface area contributed by atoms with Crippen molar-refractivity contribution < 1.29 is 9.59 Å². The minimum absolute atomic E-state index is 0.164. The van der Waals surface area contributed by atoms with Crippen LogP contribution in [0.2, 0.25) is 0 Å². The van der Waals surface area contributed by atoms with Crippen molar-refractivity contribution in [2.75, 3.05) is 39.3 Å². The second-order valence-corrected chi connectivity index (χ2v) is 7.60. The fourth-order valence-electron chi connectivity index (χ4n) is 3.45. The predicted octanol–water partition coefficient (Wildman–Crippen LogP) is 3.95. The normalized spacial score (nSPS) is 15.7. The Kier molecular flexibility index (Phi) is 8.76. The van der Waals surface area contributed by atoms with Gasteiger partial charge in [0.1, 0.15) is 0 Å². The van der Waals surface area contributed by atoms with Crippen molar-refractivity contribution in [1.29, 1.82) is 0 Å². The zero-order valence-corrected chi connectivity index (χ0v) is 17.5. The highest BCUT2D eigenvalue weighted by molar-refractivity contribution is 5.94. The first-order valence-electron chi connectivity index (χ1n) is 10.7. The molecule has 0 aliphatic carbocycles. The molecule has 1 aliphatic heterocycles. The van der Waals surface area contributed by atoms with Gasteiger partial charge in [-0.05, 0) is 23.3 Å². The number of carbonyl (C=O) groups excluding carboxylic acids is 2. The van der Waals surface area contributed by atoms with E-state index in [0.29, 0.717) is 12.8 Å². The minimum Gasteiger partial charge on any atom is -0.300 e. The molecule has 2 aromatic carbocycles. The number of nitrogens with zero attached hydrogens (tertiary/aromatic N) is 2. The molecule has 0 saturated carbocycles. The van der Waals surface area contributed by atoms with Gasteiger partial charge in [-0.1, -0.05) is 72.8 Å². The van der Waals surface area contributed by atoms with Crippen LogP contribution in [0.15, 0.2) is 72.8 Å². The van der Waals surface area contributed by atoms with Gasteiger partial charge in [0.05, 0.1) is 0 Å². The van der Waals surface area contributed by atoms with Crippen LogP contribution in [0.3, 0.4) is 0 Å². The summed E-state index contributed by atoms with van der Waals surface area (Å²) < 4.78 is 0. The van der Waals surface area contributed by atoms with Crippen LogP contribution in [0.1, 0.15) is 24.0 Å². The molecule has 30 heavy (non-hydrogen) atoms. The van der Waals surface area contributed by atoms with Crippen LogP contribution in [-0.4, -0.2) is 60.6 Å². The molecular formula is C26H30N2O2. The lowest BCUT2D eigenvalue weighted by Crippen LogP contribution is -2.47. The molecule has 3 rings (SSSR count). The SMILES string of the molecule is O=C(/C=C\c1ccccc1)CCN1CCN(CCC(=O)/C=C\c2ccccc2)CC1. The monoisotopic (exact) mass is 402 g/mol. The third-order valence-corrected chi connectivity index (χ3v) is 5.34. The van der Waals surface area contributed by atoms with Crippen molar-refractivity contribution in [3.63, 3.8) is 0 Å². The molecule has 156 valence electrons. The zero-order valence-electron chi connectivity index (χ0n) is 17.5. The summed E-state index contributed by atoms with van der Waals surface area (Å²) in [7, 11) is 0. The van der Waals surface area contributed by atoms with Gasteiger partial charge in [-0.2, -0.15) is 0 Å². The Morgan fingerprint density at radius 3 is 1.37 bits per heavy atom. The van der Waals surface area contributed by atoms with E-state index < -0.39 is 0 Å². The number of rotatable bonds is 10. The molecule has 0 bridgehead atoms. The van der Waals surface area contributed by atoms with E-state index in [0.717, 1.165) is 50.4 Å². The summed E-state index contributed by atoms with van der Waals surface area (Å²) in [5.41, 5.74) is 2.10. The lowest BCUT2D eigenvalue weighted by Gasteiger charge is -2.34. The summed E-state index contributed by atoms with van der Waals surface area (Å²) in [5.74, 6) is 0.328. The smallest absolute Gasteiger partial charge is 0.156 e. The summed E-state index contributed by atoms with van der Waals surface area (Å²) in [6.07, 6.45) is 8.21. The van der Waals surface area contributed by atoms with Gasteiger partial charge in [0.2, 0.25) is 0 Å². The average Bonchev–Trinajstić information content (AvgIpc) is 2.80. The Hall–Kier alpha value is -2.82. The molecule has 0 aromatic heterocycles. The van der Waals surface area contributed by atoms with E-state index >= 15 is 0 Å². The fourth-order valence-corrected chi connectivity index (χ4v) is 3.45. The number of allylic oxidation sites excluding steroid dienone is 2. The second kappa shape index (κ2) is 12.0. The van der Waals surface area contributed by atoms with Crippen LogP contribution in [0.25, 0.3) is 12.2 Å². The van der Waals surface area contributed by atoms with Crippen molar-refractivity contribution in [2.24, 2.45) is 0 Å². The first-order valence-corrected chi connectivity index (χ1v) is 10.7. The molecule has 4 heteroatoms. The Morgan fingerprint density at radius 1 is 0.633 bits per heavy atom. The van der Waals surface area contributed by atoms with Crippen LogP contribution >= 0.6 is 0 Å². The highest BCUT2D eigenvalue weighted by Crippen LogP contribution is 2.07. The molecule has 1 aliphatic rings. The summed E-state index contributed by atoms with van der Waals surface area (Å²) in [5, 5.41) is 0. The first-order chi connectivity index (χ1) is 14.7. The van der Waals surface area contributed by atoms with Gasteiger partial charge in [-0.15, -0.1) is 0 Å². The number of piperazine rings is 1. The number of carbonyl (C=O) groups is 2. The topological polar surface area (TPSA) is 40.6 Å². The van der Waals surface area contributed by atoms with Gasteiger partial charge in [-0.25, -0.2) is 0 Å². The first kappa shape index (κ1) is 21.9. The summed E-state index contributed by atoms with van der Waals surface area (Å²) in [4.78, 5) is 28.9. The van der Waals surface area contributed by atoms with Crippen molar-refractivity contribution in [1.82, 2.24) is 9.80 Å². The molecule has 2 aromatic rings. The van der Waals surface area contributed by atoms with Gasteiger partial charge >= 0.3 is 0 Å². The average molecular weight is 403 g/mol. The zero-order chi connectivity index (χ0) is 21.0. The highest BCUT2D eigenvalue weighted by Gasteiger charge is 2.17. The van der Waals surface area contributed by atoms with Crippen LogP contribution in [-0.2, 0) is 9.59 Å². The predicted molar refractivity (Wildman–Crippen MR) is 123 cm³/mol. The van der Waals surface area contributed by atoms with E-state index in [9.17, 15) is 9.59 Å². The Morgan fingerprint density at radius 2 is 1.00 bits per heavy atom. The van der Waals surface area contributed by atoms with Crippen molar-refractivity contribution >= 4 is 23.7 Å². The molecule has 1 fully saturated rings. The van der Waals surface area contributed by atoms with Crippen molar-refractivity contribution in [2.45, 2.75) is 12.8 Å². The maximum absolute atomic E-state index is 12.1. The molecule has 0 N–H and O–H groups in total. The standard InChI is InChI=1S/C26H30N2O2/c29-25(13-11-23-7-3-1-4-8-23)15-17-27-19-21-28(22-20-27)18-16-26(30)14-12-24-9-5-2-6-10-24/h1-14H,15-22H2/b13-11-,14-12-. The number of hydrogen-bond donors (Lipinski definition) is 0. The van der Waals surface area contributed by atoms with E-state index in [1.807, 2.05) is 72.8 Å².